The summed E-state index contributed by atoms with van der Waals surface area (Å²) in [6, 6.07) is 11.2. The summed E-state index contributed by atoms with van der Waals surface area (Å²) in [5, 5.41) is 2.75. The van der Waals surface area contributed by atoms with E-state index >= 15 is 0 Å². The molecule has 0 saturated carbocycles. The maximum atomic E-state index is 13.4. The monoisotopic (exact) mass is 393 g/mol. The van der Waals surface area contributed by atoms with Crippen LogP contribution in [0.15, 0.2) is 54.9 Å². The third-order valence-electron chi connectivity index (χ3n) is 4.69. The molecule has 3 aromatic rings. The van der Waals surface area contributed by atoms with E-state index in [1.54, 1.807) is 48.5 Å². The molecule has 2 aromatic heterocycles. The highest BCUT2D eigenvalue weighted by Gasteiger charge is 2.32. The average molecular weight is 393 g/mol. The lowest BCUT2D eigenvalue weighted by Gasteiger charge is -2.38. The molecule has 3 N–H and O–H groups in total. The molecule has 0 radical (unpaired) electrons. The Labute approximate surface area is 167 Å². The number of likely N-dealkylation sites (tertiary alicyclic amines) is 1. The van der Waals surface area contributed by atoms with E-state index in [-0.39, 0.29) is 23.8 Å². The highest BCUT2D eigenvalue weighted by atomic mass is 19.1. The number of halogens is 1. The van der Waals surface area contributed by atoms with Crippen LogP contribution in [0, 0.1) is 12.7 Å². The Hall–Kier alpha value is -3.68. The lowest BCUT2D eigenvalue weighted by atomic mass is 10.0. The van der Waals surface area contributed by atoms with Gasteiger partial charge in [-0.2, -0.15) is 0 Å². The first-order valence-electron chi connectivity index (χ1n) is 9.15. The Morgan fingerprint density at radius 3 is 2.83 bits per heavy atom. The fourth-order valence-electron chi connectivity index (χ4n) is 3.10. The Morgan fingerprint density at radius 1 is 1.28 bits per heavy atom. The van der Waals surface area contributed by atoms with Crippen molar-refractivity contribution >= 4 is 17.5 Å². The molecule has 1 aliphatic rings. The number of rotatable bonds is 4. The molecule has 1 aliphatic heterocycles. The van der Waals surface area contributed by atoms with E-state index in [9.17, 15) is 9.18 Å². The standard InChI is InChI=1S/C21H20FN5O2/c1-13-9-14(22)4-5-17(13)19-7-6-18(23)20(25-19)26-21(28)27-11-16(12-27)29-15-3-2-8-24-10-15/h2-10,16H,11-12,23H2,1H3,(H,25,26,28). The van der Waals surface area contributed by atoms with Crippen LogP contribution in [0.1, 0.15) is 5.56 Å². The van der Waals surface area contributed by atoms with Gasteiger partial charge in [0.05, 0.1) is 30.7 Å². The molecule has 29 heavy (non-hydrogen) atoms. The molecule has 1 saturated heterocycles. The lowest BCUT2D eigenvalue weighted by molar-refractivity contribution is 0.0490. The van der Waals surface area contributed by atoms with E-state index in [0.29, 0.717) is 30.2 Å². The smallest absolute Gasteiger partial charge is 0.323 e. The number of carbonyl (C=O) groups excluding carboxylic acids is 1. The molecule has 3 heterocycles. The number of hydrogen-bond donors (Lipinski definition) is 2. The lowest BCUT2D eigenvalue weighted by Crippen LogP contribution is -2.57. The van der Waals surface area contributed by atoms with Crippen LogP contribution in [0.3, 0.4) is 0 Å². The minimum Gasteiger partial charge on any atom is -0.485 e. The van der Waals surface area contributed by atoms with Crippen molar-refractivity contribution in [1.29, 1.82) is 0 Å². The molecule has 0 unspecified atom stereocenters. The van der Waals surface area contributed by atoms with Gasteiger partial charge in [-0.3, -0.25) is 10.3 Å². The van der Waals surface area contributed by atoms with E-state index < -0.39 is 0 Å². The number of pyridine rings is 2. The van der Waals surface area contributed by atoms with Crippen LogP contribution < -0.4 is 15.8 Å². The van der Waals surface area contributed by atoms with E-state index in [2.05, 4.69) is 15.3 Å². The predicted molar refractivity (Wildman–Crippen MR) is 108 cm³/mol. The van der Waals surface area contributed by atoms with Crippen LogP contribution in [0.2, 0.25) is 0 Å². The van der Waals surface area contributed by atoms with Crippen molar-refractivity contribution < 1.29 is 13.9 Å². The van der Waals surface area contributed by atoms with Crippen LogP contribution in [0.5, 0.6) is 5.75 Å². The molecule has 7 nitrogen and oxygen atoms in total. The largest absolute Gasteiger partial charge is 0.485 e. The number of aromatic nitrogens is 2. The normalized spacial score (nSPS) is 13.7. The Balaban J connectivity index is 1.41. The van der Waals surface area contributed by atoms with Gasteiger partial charge in [0.15, 0.2) is 5.82 Å². The van der Waals surface area contributed by atoms with Gasteiger partial charge < -0.3 is 15.4 Å². The Bertz CT molecular complexity index is 1040. The minimum atomic E-state index is -0.309. The summed E-state index contributed by atoms with van der Waals surface area (Å²) in [5.41, 5.74) is 8.46. The third kappa shape index (κ3) is 4.11. The predicted octanol–water partition coefficient (Wildman–Crippen LogP) is 3.47. The van der Waals surface area contributed by atoms with Gasteiger partial charge in [0.2, 0.25) is 0 Å². The SMILES string of the molecule is Cc1cc(F)ccc1-c1ccc(N)c(NC(=O)N2CC(Oc3cccnc3)C2)n1. The fourth-order valence-corrected chi connectivity index (χ4v) is 3.10. The first kappa shape index (κ1) is 18.7. The number of nitrogens with one attached hydrogen (secondary N) is 1. The molecule has 4 rings (SSSR count). The minimum absolute atomic E-state index is 0.0801. The Kier molecular flexibility index (Phi) is 4.99. The van der Waals surface area contributed by atoms with Gasteiger partial charge in [0.25, 0.3) is 0 Å². The molecule has 1 fully saturated rings. The van der Waals surface area contributed by atoms with E-state index in [1.807, 2.05) is 6.07 Å². The molecule has 0 bridgehead atoms. The van der Waals surface area contributed by atoms with E-state index in [0.717, 1.165) is 11.1 Å². The van der Waals surface area contributed by atoms with Crippen LogP contribution in [-0.2, 0) is 0 Å². The van der Waals surface area contributed by atoms with Crippen molar-refractivity contribution in [3.05, 3.63) is 66.2 Å². The third-order valence-corrected chi connectivity index (χ3v) is 4.69. The van der Waals surface area contributed by atoms with Gasteiger partial charge >= 0.3 is 6.03 Å². The number of benzene rings is 1. The van der Waals surface area contributed by atoms with E-state index in [4.69, 9.17) is 10.5 Å². The van der Waals surface area contributed by atoms with Gasteiger partial charge in [-0.25, -0.2) is 14.2 Å². The number of hydrogen-bond acceptors (Lipinski definition) is 5. The zero-order valence-electron chi connectivity index (χ0n) is 15.8. The average Bonchev–Trinajstić information content (AvgIpc) is 2.67. The first-order valence-corrected chi connectivity index (χ1v) is 9.15. The summed E-state index contributed by atoms with van der Waals surface area (Å²) < 4.78 is 19.1. The fraction of sp³-hybridized carbons (Fsp3) is 0.190. The highest BCUT2D eigenvalue weighted by molar-refractivity contribution is 5.92. The number of ether oxygens (including phenoxy) is 1. The number of nitrogens with zero attached hydrogens (tertiary/aromatic N) is 3. The summed E-state index contributed by atoms with van der Waals surface area (Å²) in [6.45, 7) is 2.71. The van der Waals surface area contributed by atoms with Crippen molar-refractivity contribution in [3.63, 3.8) is 0 Å². The maximum Gasteiger partial charge on any atom is 0.323 e. The van der Waals surface area contributed by atoms with Gasteiger partial charge in [0, 0.05) is 11.8 Å². The number of nitrogens with two attached hydrogens (primary N) is 1. The summed E-state index contributed by atoms with van der Waals surface area (Å²) in [7, 11) is 0. The number of urea groups is 1. The molecule has 0 atom stereocenters. The summed E-state index contributed by atoms with van der Waals surface area (Å²) >= 11 is 0. The zero-order chi connectivity index (χ0) is 20.4. The number of anilines is 2. The molecule has 0 spiro atoms. The van der Waals surface area contributed by atoms with Crippen molar-refractivity contribution in [3.8, 4) is 17.0 Å². The quantitative estimate of drug-likeness (QED) is 0.708. The van der Waals surface area contributed by atoms with Crippen LogP contribution in [0.25, 0.3) is 11.3 Å². The zero-order valence-corrected chi connectivity index (χ0v) is 15.8. The van der Waals surface area contributed by atoms with Crippen molar-refractivity contribution in [2.24, 2.45) is 0 Å². The number of carbonyl (C=O) groups is 1. The second-order valence-corrected chi connectivity index (χ2v) is 6.86. The van der Waals surface area contributed by atoms with Crippen molar-refractivity contribution in [1.82, 2.24) is 14.9 Å². The van der Waals surface area contributed by atoms with Gasteiger partial charge in [-0.05, 0) is 55.0 Å². The molecular weight excluding hydrogens is 373 g/mol. The number of nitrogen functional groups attached to an aromatic ring is 1. The maximum absolute atomic E-state index is 13.4. The summed E-state index contributed by atoms with van der Waals surface area (Å²) in [6.07, 6.45) is 3.23. The molecule has 148 valence electrons. The van der Waals surface area contributed by atoms with Crippen LogP contribution >= 0.6 is 0 Å². The summed E-state index contributed by atoms with van der Waals surface area (Å²) in [4.78, 5) is 22.6. The molecule has 8 heteroatoms. The van der Waals surface area contributed by atoms with Gasteiger partial charge in [0.1, 0.15) is 17.7 Å². The molecular formula is C21H20FN5O2. The molecule has 2 amide bonds. The van der Waals surface area contributed by atoms with Gasteiger partial charge in [-0.15, -0.1) is 0 Å². The highest BCUT2D eigenvalue weighted by Crippen LogP contribution is 2.27. The summed E-state index contributed by atoms with van der Waals surface area (Å²) in [5.74, 6) is 0.634. The number of amides is 2. The Morgan fingerprint density at radius 2 is 2.10 bits per heavy atom. The molecule has 1 aromatic carbocycles. The second kappa shape index (κ2) is 7.75. The van der Waals surface area contributed by atoms with Crippen molar-refractivity contribution in [2.75, 3.05) is 24.1 Å². The topological polar surface area (TPSA) is 93.4 Å². The van der Waals surface area contributed by atoms with Gasteiger partial charge in [-0.1, -0.05) is 0 Å². The first-order chi connectivity index (χ1) is 14.0. The van der Waals surface area contributed by atoms with Crippen LogP contribution in [0.4, 0.5) is 20.7 Å². The second-order valence-electron chi connectivity index (χ2n) is 6.86. The number of aryl methyl sites for hydroxylation is 1. The van der Waals surface area contributed by atoms with E-state index in [1.165, 1.54) is 12.1 Å². The molecule has 0 aliphatic carbocycles. The van der Waals surface area contributed by atoms with Crippen molar-refractivity contribution in [2.45, 2.75) is 13.0 Å². The van der Waals surface area contributed by atoms with Crippen LogP contribution in [-0.4, -0.2) is 40.1 Å².